The van der Waals surface area contributed by atoms with Crippen molar-refractivity contribution in [3.8, 4) is 0 Å². The van der Waals surface area contributed by atoms with Crippen LogP contribution in [0.25, 0.3) is 0 Å². The van der Waals surface area contributed by atoms with Crippen LogP contribution in [0.2, 0.25) is 0 Å². The van der Waals surface area contributed by atoms with E-state index in [1.54, 1.807) is 6.92 Å². The van der Waals surface area contributed by atoms with Crippen molar-refractivity contribution in [2.45, 2.75) is 78.2 Å². The van der Waals surface area contributed by atoms with Crippen molar-refractivity contribution >= 4 is 0 Å². The summed E-state index contributed by atoms with van der Waals surface area (Å²) in [6.07, 6.45) is 9.11. The fourth-order valence-corrected chi connectivity index (χ4v) is 4.72. The average Bonchev–Trinajstić information content (AvgIpc) is 3.07. The third-order valence-corrected chi connectivity index (χ3v) is 6.27. The van der Waals surface area contributed by atoms with Gasteiger partial charge in [-0.1, -0.05) is 54.3 Å². The molecule has 1 aromatic heterocycles. The summed E-state index contributed by atoms with van der Waals surface area (Å²) in [6, 6.07) is 0. The molecule has 29 heavy (non-hydrogen) atoms. The third-order valence-electron chi connectivity index (χ3n) is 6.27. The summed E-state index contributed by atoms with van der Waals surface area (Å²) in [5, 5.41) is 26.4. The van der Waals surface area contributed by atoms with Crippen molar-refractivity contribution < 1.29 is 14.7 Å². The topological polar surface area (TPSA) is 79.4 Å². The predicted octanol–water partition coefficient (Wildman–Crippen LogP) is 5.70. The van der Waals surface area contributed by atoms with Crippen LogP contribution >= 0.6 is 0 Å². The van der Waals surface area contributed by atoms with E-state index >= 15 is 0 Å². The van der Waals surface area contributed by atoms with Crippen LogP contribution < -0.4 is 0 Å². The number of unbranched alkanes of at least 4 members (excludes halogenated alkanes) is 2. The number of allylic oxidation sites excluding steroid dienone is 4. The first-order valence-electron chi connectivity index (χ1n) is 10.8. The van der Waals surface area contributed by atoms with E-state index in [2.05, 4.69) is 36.6 Å². The van der Waals surface area contributed by atoms with E-state index in [4.69, 9.17) is 4.52 Å². The minimum Gasteiger partial charge on any atom is -0.508 e. The number of aliphatic hydroxyl groups excluding tert-OH is 2. The summed E-state index contributed by atoms with van der Waals surface area (Å²) in [6.45, 7) is 12.3. The van der Waals surface area contributed by atoms with Crippen molar-refractivity contribution in [1.29, 1.82) is 0 Å². The lowest BCUT2D eigenvalue weighted by molar-refractivity contribution is 0.146. The van der Waals surface area contributed by atoms with E-state index < -0.39 is 12.0 Å². The van der Waals surface area contributed by atoms with E-state index in [9.17, 15) is 10.2 Å². The van der Waals surface area contributed by atoms with Crippen molar-refractivity contribution in [3.63, 3.8) is 0 Å². The molecule has 0 aromatic carbocycles. The molecule has 1 heterocycles. The van der Waals surface area contributed by atoms with Crippen molar-refractivity contribution in [2.75, 3.05) is 0 Å². The smallest absolute Gasteiger partial charge is 0.236 e. The third kappa shape index (κ3) is 4.55. The summed E-state index contributed by atoms with van der Waals surface area (Å²) in [5.74, 6) is 0.862. The number of aliphatic hydroxyl groups is 2. The molecule has 0 saturated carbocycles. The van der Waals surface area contributed by atoms with Gasteiger partial charge in [-0.25, -0.2) is 0 Å². The lowest BCUT2D eigenvalue weighted by atomic mass is 9.68. The Balaban J connectivity index is 2.05. The highest BCUT2D eigenvalue weighted by atomic mass is 16.5. The number of hydrogen-bond donors (Lipinski definition) is 2. The van der Waals surface area contributed by atoms with Gasteiger partial charge >= 0.3 is 0 Å². The van der Waals surface area contributed by atoms with E-state index in [1.165, 1.54) is 5.57 Å². The molecule has 0 radical (unpaired) electrons. The molecule has 4 atom stereocenters. The zero-order valence-electron chi connectivity index (χ0n) is 18.1. The minimum absolute atomic E-state index is 0.0730. The molecular formula is C24H34N2O3. The van der Waals surface area contributed by atoms with Crippen LogP contribution in [0.5, 0.6) is 0 Å². The fourth-order valence-electron chi connectivity index (χ4n) is 4.72. The first-order chi connectivity index (χ1) is 13.8. The first-order valence-corrected chi connectivity index (χ1v) is 10.8. The van der Waals surface area contributed by atoms with Gasteiger partial charge in [0.15, 0.2) is 5.82 Å². The van der Waals surface area contributed by atoms with Gasteiger partial charge in [0, 0.05) is 11.5 Å². The lowest BCUT2D eigenvalue weighted by Gasteiger charge is -2.38. The van der Waals surface area contributed by atoms with Crippen molar-refractivity contribution in [1.82, 2.24) is 10.1 Å². The van der Waals surface area contributed by atoms with Crippen LogP contribution in [0.1, 0.15) is 76.9 Å². The van der Waals surface area contributed by atoms with E-state index in [-0.39, 0.29) is 17.6 Å². The summed E-state index contributed by atoms with van der Waals surface area (Å²) in [7, 11) is 0. The zero-order valence-corrected chi connectivity index (χ0v) is 18.1. The van der Waals surface area contributed by atoms with Gasteiger partial charge < -0.3 is 14.7 Å². The summed E-state index contributed by atoms with van der Waals surface area (Å²) < 4.78 is 5.48. The SMILES string of the molecule is C=C(C)C1CCC(C)=CC1C1=C(O)C=C(CCCCC)C(c2nc(C)no2)C1O. The second kappa shape index (κ2) is 9.12. The monoisotopic (exact) mass is 398 g/mol. The molecule has 0 spiro atoms. The average molecular weight is 399 g/mol. The van der Waals surface area contributed by atoms with E-state index in [1.807, 2.05) is 13.0 Å². The van der Waals surface area contributed by atoms with Crippen LogP contribution in [-0.2, 0) is 0 Å². The van der Waals surface area contributed by atoms with Gasteiger partial charge in [-0.15, -0.1) is 0 Å². The molecule has 0 bridgehead atoms. The van der Waals surface area contributed by atoms with Crippen LogP contribution in [-0.4, -0.2) is 26.5 Å². The Hall–Kier alpha value is -2.14. The van der Waals surface area contributed by atoms with Gasteiger partial charge in [-0.05, 0) is 58.4 Å². The van der Waals surface area contributed by atoms with Crippen LogP contribution in [0.4, 0.5) is 0 Å². The number of aryl methyl sites for hydroxylation is 1. The maximum absolute atomic E-state index is 11.5. The Morgan fingerprint density at radius 3 is 2.69 bits per heavy atom. The fraction of sp³-hybridized carbons (Fsp3) is 0.583. The Kier molecular flexibility index (Phi) is 6.78. The predicted molar refractivity (Wildman–Crippen MR) is 114 cm³/mol. The Morgan fingerprint density at radius 2 is 2.07 bits per heavy atom. The Morgan fingerprint density at radius 1 is 1.31 bits per heavy atom. The van der Waals surface area contributed by atoms with Crippen LogP contribution in [0.3, 0.4) is 0 Å². The molecule has 0 saturated heterocycles. The van der Waals surface area contributed by atoms with Crippen molar-refractivity contribution in [2.24, 2.45) is 11.8 Å². The molecule has 1 aromatic rings. The highest BCUT2D eigenvalue weighted by Gasteiger charge is 2.41. The summed E-state index contributed by atoms with van der Waals surface area (Å²) in [5.41, 5.74) is 3.97. The van der Waals surface area contributed by atoms with Gasteiger partial charge in [-0.3, -0.25) is 0 Å². The standard InChI is InChI=1S/C24H34N2O3/c1-6-7-8-9-17-13-20(27)22(19-12-15(4)10-11-18(19)14(2)3)23(28)21(17)24-25-16(5)26-29-24/h12-13,18-19,21,23,27-28H,2,6-11H2,1,3-5H3. The lowest BCUT2D eigenvalue weighted by Crippen LogP contribution is -2.34. The number of aromatic nitrogens is 2. The summed E-state index contributed by atoms with van der Waals surface area (Å²) in [4.78, 5) is 4.42. The van der Waals surface area contributed by atoms with Gasteiger partial charge in [-0.2, -0.15) is 4.98 Å². The van der Waals surface area contributed by atoms with E-state index in [0.717, 1.165) is 49.7 Å². The van der Waals surface area contributed by atoms with Gasteiger partial charge in [0.2, 0.25) is 5.89 Å². The first kappa shape index (κ1) is 21.6. The van der Waals surface area contributed by atoms with E-state index in [0.29, 0.717) is 17.3 Å². The molecule has 5 nitrogen and oxygen atoms in total. The Labute approximate surface area is 173 Å². The summed E-state index contributed by atoms with van der Waals surface area (Å²) >= 11 is 0. The quantitative estimate of drug-likeness (QED) is 0.455. The molecule has 2 aliphatic carbocycles. The normalized spacial score (nSPS) is 27.6. The molecule has 0 amide bonds. The van der Waals surface area contributed by atoms with Crippen LogP contribution in [0, 0.1) is 18.8 Å². The molecule has 5 heteroatoms. The largest absolute Gasteiger partial charge is 0.508 e. The maximum atomic E-state index is 11.5. The number of nitrogens with zero attached hydrogens (tertiary/aromatic N) is 2. The molecule has 158 valence electrons. The highest BCUT2D eigenvalue weighted by Crippen LogP contribution is 2.46. The highest BCUT2D eigenvalue weighted by molar-refractivity contribution is 5.43. The van der Waals surface area contributed by atoms with Gasteiger partial charge in [0.05, 0.1) is 12.0 Å². The minimum atomic E-state index is -0.898. The zero-order chi connectivity index (χ0) is 21.1. The van der Waals surface area contributed by atoms with Crippen molar-refractivity contribution in [3.05, 3.63) is 58.5 Å². The molecule has 0 aliphatic heterocycles. The second-order valence-corrected chi connectivity index (χ2v) is 8.65. The second-order valence-electron chi connectivity index (χ2n) is 8.65. The van der Waals surface area contributed by atoms with Crippen LogP contribution in [0.15, 0.2) is 51.3 Å². The van der Waals surface area contributed by atoms with Gasteiger partial charge in [0.25, 0.3) is 0 Å². The molecular weight excluding hydrogens is 364 g/mol. The van der Waals surface area contributed by atoms with Gasteiger partial charge in [0.1, 0.15) is 5.76 Å². The molecule has 2 N–H and O–H groups in total. The molecule has 0 fully saturated rings. The number of rotatable bonds is 7. The molecule has 2 aliphatic rings. The molecule has 3 rings (SSSR count). The number of hydrogen-bond acceptors (Lipinski definition) is 5. The Bertz CT molecular complexity index is 846. The maximum Gasteiger partial charge on any atom is 0.236 e. The molecule has 4 unspecified atom stereocenters.